The van der Waals surface area contributed by atoms with E-state index >= 15 is 0 Å². The molecule has 6 heteroatoms. The normalized spacial score (nSPS) is 18.4. The first-order valence-corrected chi connectivity index (χ1v) is 9.09. The summed E-state index contributed by atoms with van der Waals surface area (Å²) in [6.07, 6.45) is 1.35. The monoisotopic (exact) mass is 352 g/mol. The maximum atomic E-state index is 6.08. The van der Waals surface area contributed by atoms with E-state index in [1.807, 2.05) is 31.2 Å². The summed E-state index contributed by atoms with van der Waals surface area (Å²) >= 11 is 7.75. The second-order valence-electron chi connectivity index (χ2n) is 5.66. The number of thiazole rings is 1. The minimum atomic E-state index is 0.289. The van der Waals surface area contributed by atoms with E-state index in [1.165, 1.54) is 0 Å². The molecule has 0 radical (unpaired) electrons. The molecular formula is C17H21ClN2O2S. The molecule has 0 unspecified atom stereocenters. The van der Waals surface area contributed by atoms with E-state index in [9.17, 15) is 0 Å². The number of hydrogen-bond acceptors (Lipinski definition) is 5. The summed E-state index contributed by atoms with van der Waals surface area (Å²) in [5, 5.41) is 3.82. The van der Waals surface area contributed by atoms with Gasteiger partial charge in [0.2, 0.25) is 0 Å². The number of ether oxygens (including phenoxy) is 2. The Hall–Kier alpha value is -1.14. The van der Waals surface area contributed by atoms with Crippen LogP contribution in [0.15, 0.2) is 29.6 Å². The van der Waals surface area contributed by atoms with Crippen LogP contribution in [-0.2, 0) is 11.3 Å². The van der Waals surface area contributed by atoms with Gasteiger partial charge in [0, 0.05) is 25.0 Å². The molecule has 124 valence electrons. The lowest BCUT2D eigenvalue weighted by Gasteiger charge is -2.16. The highest BCUT2D eigenvalue weighted by Crippen LogP contribution is 2.23. The number of para-hydroxylation sites is 1. The van der Waals surface area contributed by atoms with Crippen LogP contribution in [0.2, 0.25) is 5.02 Å². The van der Waals surface area contributed by atoms with Crippen molar-refractivity contribution in [1.29, 1.82) is 0 Å². The molecule has 2 aromatic rings. The van der Waals surface area contributed by atoms with Crippen LogP contribution in [0, 0.1) is 6.92 Å². The summed E-state index contributed by atoms with van der Waals surface area (Å²) in [6, 6.07) is 7.58. The topological polar surface area (TPSA) is 34.6 Å². The molecule has 0 saturated carbocycles. The van der Waals surface area contributed by atoms with Gasteiger partial charge >= 0.3 is 0 Å². The third-order valence-corrected chi connectivity index (χ3v) is 5.00. The van der Waals surface area contributed by atoms with Crippen molar-refractivity contribution in [3.63, 3.8) is 0 Å². The van der Waals surface area contributed by atoms with E-state index in [1.54, 1.807) is 11.3 Å². The van der Waals surface area contributed by atoms with Gasteiger partial charge in [-0.3, -0.25) is 4.90 Å². The molecule has 0 N–H and O–H groups in total. The largest absolute Gasteiger partial charge is 0.491 e. The lowest BCUT2D eigenvalue weighted by molar-refractivity contribution is 0.0441. The zero-order valence-corrected chi connectivity index (χ0v) is 14.8. The molecule has 2 heterocycles. The molecule has 1 aromatic carbocycles. The highest BCUT2D eigenvalue weighted by molar-refractivity contribution is 7.09. The van der Waals surface area contributed by atoms with Gasteiger partial charge in [0.1, 0.15) is 12.4 Å². The van der Waals surface area contributed by atoms with Gasteiger partial charge in [-0.15, -0.1) is 11.3 Å². The Morgan fingerprint density at radius 1 is 1.39 bits per heavy atom. The summed E-state index contributed by atoms with van der Waals surface area (Å²) in [6.45, 7) is 6.16. The Morgan fingerprint density at radius 3 is 3.04 bits per heavy atom. The molecule has 23 heavy (non-hydrogen) atoms. The van der Waals surface area contributed by atoms with Crippen LogP contribution in [0.25, 0.3) is 0 Å². The van der Waals surface area contributed by atoms with Crippen molar-refractivity contribution in [2.24, 2.45) is 0 Å². The molecular weight excluding hydrogens is 332 g/mol. The SMILES string of the molecule is Cc1nc(CO[C@H]2CCN(CCOc3ccccc3Cl)C2)cs1. The van der Waals surface area contributed by atoms with Crippen molar-refractivity contribution >= 4 is 22.9 Å². The van der Waals surface area contributed by atoms with Gasteiger partial charge in [0.05, 0.1) is 28.4 Å². The third-order valence-electron chi connectivity index (χ3n) is 3.86. The first-order valence-electron chi connectivity index (χ1n) is 7.83. The molecule has 1 aliphatic rings. The number of aryl methyl sites for hydroxylation is 1. The van der Waals surface area contributed by atoms with Gasteiger partial charge in [-0.05, 0) is 25.5 Å². The number of aromatic nitrogens is 1. The second kappa shape index (κ2) is 8.11. The highest BCUT2D eigenvalue weighted by Gasteiger charge is 2.23. The fourth-order valence-corrected chi connectivity index (χ4v) is 3.45. The van der Waals surface area contributed by atoms with Crippen molar-refractivity contribution in [3.8, 4) is 5.75 Å². The third kappa shape index (κ3) is 4.91. The van der Waals surface area contributed by atoms with Gasteiger partial charge in [-0.25, -0.2) is 4.98 Å². The fraction of sp³-hybridized carbons (Fsp3) is 0.471. The van der Waals surface area contributed by atoms with Crippen LogP contribution in [0.1, 0.15) is 17.1 Å². The number of rotatable bonds is 7. The minimum absolute atomic E-state index is 0.289. The van der Waals surface area contributed by atoms with Crippen LogP contribution < -0.4 is 4.74 Å². The molecule has 0 spiro atoms. The number of hydrogen-bond donors (Lipinski definition) is 0. The minimum Gasteiger partial charge on any atom is -0.491 e. The Kier molecular flexibility index (Phi) is 5.89. The zero-order chi connectivity index (χ0) is 16.1. The standard InChI is InChI=1S/C17H21ClN2O2S/c1-13-19-14(12-23-13)11-22-15-6-7-20(10-15)8-9-21-17-5-3-2-4-16(17)18/h2-5,12,15H,6-11H2,1H3/t15-/m0/s1. The van der Waals surface area contributed by atoms with Crippen LogP contribution in [0.3, 0.4) is 0 Å². The Bertz CT molecular complexity index is 635. The molecule has 4 nitrogen and oxygen atoms in total. The molecule has 1 aliphatic heterocycles. The lowest BCUT2D eigenvalue weighted by atomic mass is 10.3. The first-order chi connectivity index (χ1) is 11.2. The summed E-state index contributed by atoms with van der Waals surface area (Å²) in [4.78, 5) is 6.80. The van der Waals surface area contributed by atoms with E-state index in [4.69, 9.17) is 21.1 Å². The van der Waals surface area contributed by atoms with Crippen molar-refractivity contribution < 1.29 is 9.47 Å². The predicted molar refractivity (Wildman–Crippen MR) is 93.4 cm³/mol. The van der Waals surface area contributed by atoms with Crippen LogP contribution in [0.5, 0.6) is 5.75 Å². The van der Waals surface area contributed by atoms with Gasteiger partial charge in [-0.1, -0.05) is 23.7 Å². The second-order valence-corrected chi connectivity index (χ2v) is 7.13. The highest BCUT2D eigenvalue weighted by atomic mass is 35.5. The Balaban J connectivity index is 1.36. The van der Waals surface area contributed by atoms with E-state index < -0.39 is 0 Å². The summed E-state index contributed by atoms with van der Waals surface area (Å²) in [7, 11) is 0. The van der Waals surface area contributed by atoms with Gasteiger partial charge in [0.15, 0.2) is 0 Å². The molecule has 3 rings (SSSR count). The van der Waals surface area contributed by atoms with E-state index in [0.717, 1.165) is 42.5 Å². The Morgan fingerprint density at radius 2 is 2.26 bits per heavy atom. The maximum Gasteiger partial charge on any atom is 0.137 e. The Labute approximate surface area is 146 Å². The number of nitrogens with zero attached hydrogens (tertiary/aromatic N) is 2. The van der Waals surface area contributed by atoms with Crippen molar-refractivity contribution in [2.75, 3.05) is 26.2 Å². The van der Waals surface area contributed by atoms with Crippen molar-refractivity contribution in [1.82, 2.24) is 9.88 Å². The van der Waals surface area contributed by atoms with Gasteiger partial charge < -0.3 is 9.47 Å². The quantitative estimate of drug-likeness (QED) is 0.759. The van der Waals surface area contributed by atoms with E-state index in [-0.39, 0.29) is 6.10 Å². The molecule has 1 saturated heterocycles. The maximum absolute atomic E-state index is 6.08. The summed E-state index contributed by atoms with van der Waals surface area (Å²) in [5.41, 5.74) is 1.04. The summed E-state index contributed by atoms with van der Waals surface area (Å²) < 4.78 is 11.7. The average molecular weight is 353 g/mol. The molecule has 1 fully saturated rings. The fourth-order valence-electron chi connectivity index (χ4n) is 2.66. The molecule has 0 amide bonds. The van der Waals surface area contributed by atoms with Crippen molar-refractivity contribution in [2.45, 2.75) is 26.1 Å². The predicted octanol–water partition coefficient (Wildman–Crippen LogP) is 3.77. The van der Waals surface area contributed by atoms with Crippen LogP contribution in [0.4, 0.5) is 0 Å². The van der Waals surface area contributed by atoms with Crippen LogP contribution >= 0.6 is 22.9 Å². The zero-order valence-electron chi connectivity index (χ0n) is 13.2. The van der Waals surface area contributed by atoms with Crippen LogP contribution in [-0.4, -0.2) is 42.2 Å². The molecule has 0 aliphatic carbocycles. The van der Waals surface area contributed by atoms with Crippen molar-refractivity contribution in [3.05, 3.63) is 45.4 Å². The molecule has 0 bridgehead atoms. The molecule has 1 atom stereocenters. The smallest absolute Gasteiger partial charge is 0.137 e. The first kappa shape index (κ1) is 16.7. The summed E-state index contributed by atoms with van der Waals surface area (Å²) in [5.74, 6) is 0.750. The number of halogens is 1. The van der Waals surface area contributed by atoms with Gasteiger partial charge in [-0.2, -0.15) is 0 Å². The molecule has 1 aromatic heterocycles. The number of benzene rings is 1. The van der Waals surface area contributed by atoms with E-state index in [2.05, 4.69) is 15.3 Å². The van der Waals surface area contributed by atoms with Gasteiger partial charge in [0.25, 0.3) is 0 Å². The van der Waals surface area contributed by atoms with E-state index in [0.29, 0.717) is 18.2 Å². The lowest BCUT2D eigenvalue weighted by Crippen LogP contribution is -2.27. The number of likely N-dealkylation sites (tertiary alicyclic amines) is 1. The average Bonchev–Trinajstić information content (AvgIpc) is 3.16.